The highest BCUT2D eigenvalue weighted by Gasteiger charge is 2.26. The molecule has 0 saturated carbocycles. The molecule has 0 amide bonds. The minimum atomic E-state index is -0.135. The maximum atomic E-state index is 13.0. The number of hydrogen-bond donors (Lipinski definition) is 0. The van der Waals surface area contributed by atoms with Crippen molar-refractivity contribution in [2.24, 2.45) is 7.05 Å². The molecule has 5 nitrogen and oxygen atoms in total. The van der Waals surface area contributed by atoms with Crippen molar-refractivity contribution in [2.75, 3.05) is 0 Å². The Bertz CT molecular complexity index is 1300. The number of hydrogen-bond acceptors (Lipinski definition) is 3. The largest absolute Gasteiger partial charge is 0.468 e. The summed E-state index contributed by atoms with van der Waals surface area (Å²) in [4.78, 5) is 13.0. The van der Waals surface area contributed by atoms with Crippen LogP contribution in [0.4, 0.5) is 0 Å². The molecule has 5 heteroatoms. The van der Waals surface area contributed by atoms with Crippen LogP contribution in [0.5, 0.6) is 5.88 Å². The van der Waals surface area contributed by atoms with E-state index in [2.05, 4.69) is 55.3 Å². The van der Waals surface area contributed by atoms with Crippen molar-refractivity contribution >= 4 is 10.9 Å². The van der Waals surface area contributed by atoms with Gasteiger partial charge in [-0.2, -0.15) is 0 Å². The molecule has 29 heavy (non-hydrogen) atoms. The third kappa shape index (κ3) is 2.85. The zero-order valence-corrected chi connectivity index (χ0v) is 16.8. The topological polar surface area (TPSA) is 49.0 Å². The first-order chi connectivity index (χ1) is 14.0. The molecule has 1 aliphatic rings. The molecule has 5 rings (SSSR count). The van der Waals surface area contributed by atoms with E-state index in [0.29, 0.717) is 11.4 Å². The average Bonchev–Trinajstić information content (AvgIpc) is 3.31. The van der Waals surface area contributed by atoms with Crippen molar-refractivity contribution < 1.29 is 4.74 Å². The van der Waals surface area contributed by atoms with Crippen LogP contribution < -0.4 is 10.3 Å². The Morgan fingerprint density at radius 2 is 1.93 bits per heavy atom. The number of aromatic nitrogens is 3. The van der Waals surface area contributed by atoms with Gasteiger partial charge in [0.15, 0.2) is 0 Å². The Morgan fingerprint density at radius 1 is 1.10 bits per heavy atom. The van der Waals surface area contributed by atoms with Gasteiger partial charge < -0.3 is 9.30 Å². The first kappa shape index (κ1) is 17.7. The lowest BCUT2D eigenvalue weighted by atomic mass is 10.1. The molecule has 0 saturated heterocycles. The lowest BCUT2D eigenvalue weighted by Gasteiger charge is -2.16. The van der Waals surface area contributed by atoms with Gasteiger partial charge in [0.2, 0.25) is 5.88 Å². The van der Waals surface area contributed by atoms with E-state index in [1.165, 1.54) is 21.4 Å². The molecule has 1 unspecified atom stereocenters. The van der Waals surface area contributed by atoms with Crippen molar-refractivity contribution in [1.29, 1.82) is 0 Å². The minimum Gasteiger partial charge on any atom is -0.468 e. The number of fused-ring (bicyclic) bond motifs is 2. The van der Waals surface area contributed by atoms with Gasteiger partial charge in [-0.25, -0.2) is 4.68 Å². The molecule has 4 aromatic rings. The first-order valence-corrected chi connectivity index (χ1v) is 9.93. The van der Waals surface area contributed by atoms with Crippen LogP contribution >= 0.6 is 0 Å². The Balaban J connectivity index is 1.64. The first-order valence-electron chi connectivity index (χ1n) is 9.93. The van der Waals surface area contributed by atoms with E-state index in [-0.39, 0.29) is 11.7 Å². The van der Waals surface area contributed by atoms with Crippen LogP contribution in [0.25, 0.3) is 16.6 Å². The Hall–Kier alpha value is -3.34. The summed E-state index contributed by atoms with van der Waals surface area (Å²) in [7, 11) is 1.68. The molecule has 0 radical (unpaired) electrons. The number of ether oxygens (including phenoxy) is 1. The van der Waals surface area contributed by atoms with Crippen LogP contribution in [0.2, 0.25) is 0 Å². The van der Waals surface area contributed by atoms with Gasteiger partial charge in [0.1, 0.15) is 11.6 Å². The lowest BCUT2D eigenvalue weighted by molar-refractivity contribution is 0.197. The highest BCUT2D eigenvalue weighted by Crippen LogP contribution is 2.36. The molecule has 146 valence electrons. The summed E-state index contributed by atoms with van der Waals surface area (Å²) in [5.74, 6) is 0.507. The van der Waals surface area contributed by atoms with E-state index < -0.39 is 0 Å². The maximum absolute atomic E-state index is 13.0. The zero-order valence-electron chi connectivity index (χ0n) is 16.8. The second-order valence-corrected chi connectivity index (χ2v) is 7.82. The number of rotatable bonds is 3. The molecule has 0 spiro atoms. The summed E-state index contributed by atoms with van der Waals surface area (Å²) < 4.78 is 9.69. The van der Waals surface area contributed by atoms with Crippen LogP contribution in [0.1, 0.15) is 34.8 Å². The van der Waals surface area contributed by atoms with E-state index in [1.54, 1.807) is 7.05 Å². The van der Waals surface area contributed by atoms with Crippen molar-refractivity contribution in [3.63, 3.8) is 0 Å². The molecular formula is C24H23N3O2. The highest BCUT2D eigenvalue weighted by atomic mass is 16.5. The van der Waals surface area contributed by atoms with E-state index in [0.717, 1.165) is 29.5 Å². The summed E-state index contributed by atoms with van der Waals surface area (Å²) in [6.07, 6.45) is 3.81. The standard InChI is InChI=1S/C24H23N3O2/c1-15-8-10-20(16(2)14-15)27-13-12-19-22(27)24(28)26(3)25-23(19)29-21-11-9-17-6-4-5-7-18(17)21/h4-8,10,12-14,21H,9,11H2,1-3H3. The molecular weight excluding hydrogens is 362 g/mol. The molecule has 1 aliphatic carbocycles. The predicted molar refractivity (Wildman–Crippen MR) is 114 cm³/mol. The highest BCUT2D eigenvalue weighted by molar-refractivity contribution is 5.85. The fourth-order valence-corrected chi connectivity index (χ4v) is 4.35. The number of nitrogens with zero attached hydrogens (tertiary/aromatic N) is 3. The summed E-state index contributed by atoms with van der Waals surface area (Å²) in [6.45, 7) is 4.13. The van der Waals surface area contributed by atoms with Gasteiger partial charge in [-0.15, -0.1) is 5.10 Å². The van der Waals surface area contributed by atoms with Crippen LogP contribution in [0, 0.1) is 13.8 Å². The van der Waals surface area contributed by atoms with Gasteiger partial charge in [-0.1, -0.05) is 42.0 Å². The number of aryl methyl sites for hydroxylation is 4. The molecule has 2 heterocycles. The quantitative estimate of drug-likeness (QED) is 0.525. The van der Waals surface area contributed by atoms with Crippen molar-refractivity contribution in [2.45, 2.75) is 32.8 Å². The predicted octanol–water partition coefficient (Wildman–Crippen LogP) is 4.41. The third-order valence-electron chi connectivity index (χ3n) is 5.80. The maximum Gasteiger partial charge on any atom is 0.291 e. The Labute approximate surface area is 169 Å². The summed E-state index contributed by atoms with van der Waals surface area (Å²) >= 11 is 0. The fraction of sp³-hybridized carbons (Fsp3) is 0.250. The monoisotopic (exact) mass is 385 g/mol. The number of benzene rings is 2. The third-order valence-corrected chi connectivity index (χ3v) is 5.80. The smallest absolute Gasteiger partial charge is 0.291 e. The normalized spacial score (nSPS) is 15.6. The zero-order chi connectivity index (χ0) is 20.1. The van der Waals surface area contributed by atoms with Crippen molar-refractivity contribution in [1.82, 2.24) is 14.3 Å². The van der Waals surface area contributed by atoms with E-state index in [9.17, 15) is 4.79 Å². The van der Waals surface area contributed by atoms with Crippen molar-refractivity contribution in [3.05, 3.63) is 87.3 Å². The molecule has 0 bridgehead atoms. The van der Waals surface area contributed by atoms with Gasteiger partial charge in [-0.05, 0) is 55.5 Å². The van der Waals surface area contributed by atoms with Crippen LogP contribution in [-0.4, -0.2) is 14.3 Å². The van der Waals surface area contributed by atoms with Crippen LogP contribution in [0.3, 0.4) is 0 Å². The molecule has 0 aliphatic heterocycles. The second kappa shape index (κ2) is 6.62. The van der Waals surface area contributed by atoms with Gasteiger partial charge in [0, 0.05) is 18.9 Å². The van der Waals surface area contributed by atoms with E-state index in [4.69, 9.17) is 4.74 Å². The van der Waals surface area contributed by atoms with Gasteiger partial charge in [-0.3, -0.25) is 4.79 Å². The second-order valence-electron chi connectivity index (χ2n) is 7.82. The molecule has 1 atom stereocenters. The SMILES string of the molecule is Cc1ccc(-n2ccc3c(OC4CCc5ccccc54)nn(C)c(=O)c32)c(C)c1. The molecule has 2 aromatic carbocycles. The van der Waals surface area contributed by atoms with Gasteiger partial charge >= 0.3 is 0 Å². The minimum absolute atomic E-state index is 0.0381. The van der Waals surface area contributed by atoms with Gasteiger partial charge in [0.05, 0.1) is 5.39 Å². The Morgan fingerprint density at radius 3 is 2.76 bits per heavy atom. The molecule has 2 aromatic heterocycles. The van der Waals surface area contributed by atoms with E-state index in [1.807, 2.05) is 22.9 Å². The van der Waals surface area contributed by atoms with Crippen molar-refractivity contribution in [3.8, 4) is 11.6 Å². The average molecular weight is 385 g/mol. The summed E-state index contributed by atoms with van der Waals surface area (Å²) in [6, 6.07) is 16.5. The fourth-order valence-electron chi connectivity index (χ4n) is 4.35. The summed E-state index contributed by atoms with van der Waals surface area (Å²) in [5.41, 5.74) is 6.30. The van der Waals surface area contributed by atoms with Crippen LogP contribution in [0.15, 0.2) is 59.5 Å². The van der Waals surface area contributed by atoms with Crippen LogP contribution in [-0.2, 0) is 13.5 Å². The van der Waals surface area contributed by atoms with Gasteiger partial charge in [0.25, 0.3) is 5.56 Å². The lowest BCUT2D eigenvalue weighted by Crippen LogP contribution is -2.22. The van der Waals surface area contributed by atoms with E-state index >= 15 is 0 Å². The molecule has 0 N–H and O–H groups in total. The summed E-state index contributed by atoms with van der Waals surface area (Å²) in [5, 5.41) is 5.20. The molecule has 0 fully saturated rings. The Kier molecular flexibility index (Phi) is 4.05.